The van der Waals surface area contributed by atoms with Crippen LogP contribution in [0.3, 0.4) is 0 Å². The second kappa shape index (κ2) is 12.8. The molecule has 1 heterocycles. The third kappa shape index (κ3) is 6.38. The third-order valence-electron chi connectivity index (χ3n) is 13.1. The molecule has 45 heavy (non-hydrogen) atoms. The van der Waals surface area contributed by atoms with Crippen molar-refractivity contribution in [2.24, 2.45) is 46.3 Å². The average Bonchev–Trinajstić information content (AvgIpc) is 3.37. The molecule has 16 atom stereocenters. The van der Waals surface area contributed by atoms with Gasteiger partial charge in [-0.2, -0.15) is 8.42 Å². The van der Waals surface area contributed by atoms with Crippen molar-refractivity contribution in [3.8, 4) is 0 Å². The van der Waals surface area contributed by atoms with Gasteiger partial charge in [0, 0.05) is 12.3 Å². The minimum atomic E-state index is -4.82. The SMILES string of the molecule is CC(C)C(CCC(C)C1CC(O)C2C1(C)CCC1C3(C)CCC(O)CC3C(OS(=O)(=O)O)CC12O)OC1OC(CO)C(O)C1O. The largest absolute Gasteiger partial charge is 0.397 e. The number of hydrogen-bond donors (Lipinski definition) is 7. The van der Waals surface area contributed by atoms with E-state index in [1.807, 2.05) is 20.8 Å². The summed E-state index contributed by atoms with van der Waals surface area (Å²) in [6, 6.07) is 0. The summed E-state index contributed by atoms with van der Waals surface area (Å²) in [5.41, 5.74) is -2.40. The zero-order chi connectivity index (χ0) is 33.3. The molecule has 4 aliphatic carbocycles. The van der Waals surface area contributed by atoms with Crippen molar-refractivity contribution < 1.29 is 57.3 Å². The lowest BCUT2D eigenvalue weighted by Gasteiger charge is -2.66. The first-order valence-electron chi connectivity index (χ1n) is 16.9. The molecule has 4 saturated carbocycles. The van der Waals surface area contributed by atoms with Crippen molar-refractivity contribution in [2.45, 2.75) is 147 Å². The molecule has 5 fully saturated rings. The molecule has 5 rings (SSSR count). The third-order valence-corrected chi connectivity index (χ3v) is 13.6. The first-order valence-corrected chi connectivity index (χ1v) is 18.2. The molecule has 13 heteroatoms. The lowest BCUT2D eigenvalue weighted by molar-refractivity contribution is -0.260. The molecule has 7 N–H and O–H groups in total. The highest BCUT2D eigenvalue weighted by Crippen LogP contribution is 2.70. The quantitative estimate of drug-likeness (QED) is 0.167. The van der Waals surface area contributed by atoms with Crippen LogP contribution in [0.15, 0.2) is 0 Å². The van der Waals surface area contributed by atoms with E-state index >= 15 is 0 Å². The molecule has 1 saturated heterocycles. The van der Waals surface area contributed by atoms with Crippen molar-refractivity contribution in [3.63, 3.8) is 0 Å². The van der Waals surface area contributed by atoms with Crippen LogP contribution in [0.2, 0.25) is 0 Å². The first kappa shape index (κ1) is 35.8. The van der Waals surface area contributed by atoms with Gasteiger partial charge in [-0.15, -0.1) is 0 Å². The second-order valence-corrected chi connectivity index (χ2v) is 17.0. The first-order chi connectivity index (χ1) is 20.9. The Hall–Kier alpha value is -0.450. The van der Waals surface area contributed by atoms with Gasteiger partial charge in [0.05, 0.1) is 36.6 Å². The minimum Gasteiger partial charge on any atom is -0.394 e. The van der Waals surface area contributed by atoms with Crippen molar-refractivity contribution in [1.29, 1.82) is 0 Å². The molecule has 0 aromatic heterocycles. The van der Waals surface area contributed by atoms with Gasteiger partial charge in [-0.25, -0.2) is 4.18 Å². The number of aliphatic hydroxyl groups excluding tert-OH is 5. The van der Waals surface area contributed by atoms with Gasteiger partial charge in [0.15, 0.2) is 6.29 Å². The number of ether oxygens (including phenoxy) is 2. The highest BCUT2D eigenvalue weighted by molar-refractivity contribution is 7.80. The van der Waals surface area contributed by atoms with E-state index in [4.69, 9.17) is 13.7 Å². The fourth-order valence-electron chi connectivity index (χ4n) is 11.0. The Kier molecular flexibility index (Phi) is 10.2. The molecule has 0 bridgehead atoms. The van der Waals surface area contributed by atoms with Crippen LogP contribution >= 0.6 is 0 Å². The topological polar surface area (TPSA) is 203 Å². The van der Waals surface area contributed by atoms with Crippen molar-refractivity contribution in [3.05, 3.63) is 0 Å². The zero-order valence-electron chi connectivity index (χ0n) is 27.2. The van der Waals surface area contributed by atoms with Crippen LogP contribution in [0, 0.1) is 46.3 Å². The molecule has 0 radical (unpaired) electrons. The van der Waals surface area contributed by atoms with Gasteiger partial charge in [0.1, 0.15) is 18.3 Å². The fraction of sp³-hybridized carbons (Fsp3) is 1.00. The molecule has 0 aromatic carbocycles. The molecule has 5 aliphatic rings. The zero-order valence-corrected chi connectivity index (χ0v) is 28.1. The number of aliphatic hydroxyl groups is 6. The molecule has 0 spiro atoms. The molecule has 0 aromatic rings. The highest BCUT2D eigenvalue weighted by atomic mass is 32.3. The Balaban J connectivity index is 1.34. The van der Waals surface area contributed by atoms with Crippen LogP contribution in [0.25, 0.3) is 0 Å². The van der Waals surface area contributed by atoms with Gasteiger partial charge in [0.25, 0.3) is 0 Å². The summed E-state index contributed by atoms with van der Waals surface area (Å²) in [6.07, 6.45) is -2.43. The van der Waals surface area contributed by atoms with E-state index in [1.54, 1.807) is 0 Å². The maximum absolute atomic E-state index is 12.7. The summed E-state index contributed by atoms with van der Waals surface area (Å²) in [5.74, 6) is -0.841. The average molecular weight is 665 g/mol. The van der Waals surface area contributed by atoms with Crippen LogP contribution in [-0.2, 0) is 24.1 Å². The summed E-state index contributed by atoms with van der Waals surface area (Å²) < 4.78 is 50.5. The van der Waals surface area contributed by atoms with E-state index in [2.05, 4.69) is 13.8 Å². The molecule has 16 unspecified atom stereocenters. The van der Waals surface area contributed by atoms with Crippen molar-refractivity contribution in [1.82, 2.24) is 0 Å². The lowest BCUT2D eigenvalue weighted by atomic mass is 9.42. The second-order valence-electron chi connectivity index (χ2n) is 16.0. The van der Waals surface area contributed by atoms with E-state index in [-0.39, 0.29) is 42.1 Å². The Morgan fingerprint density at radius 1 is 0.956 bits per heavy atom. The van der Waals surface area contributed by atoms with E-state index in [1.165, 1.54) is 0 Å². The Morgan fingerprint density at radius 2 is 1.62 bits per heavy atom. The lowest BCUT2D eigenvalue weighted by Crippen LogP contribution is -2.69. The van der Waals surface area contributed by atoms with Crippen LogP contribution in [0.4, 0.5) is 0 Å². The maximum Gasteiger partial charge on any atom is 0.397 e. The molecule has 12 nitrogen and oxygen atoms in total. The summed E-state index contributed by atoms with van der Waals surface area (Å²) in [6.45, 7) is 9.92. The molecular weight excluding hydrogens is 608 g/mol. The Bertz CT molecular complexity index is 1150. The standard InChI is InChI=1S/C32H56O12S/c1-16(2)22(42-29-27(37)26(36)24(15-33)43-29)7-6-17(3)19-13-21(35)28-31(19,5)11-9-25-30(4)10-8-18(34)12-20(30)23(14-32(25,28)38)44-45(39,40)41/h16-29,33-38H,6-15H2,1-5H3,(H,39,40,41). The van der Waals surface area contributed by atoms with Gasteiger partial charge in [-0.1, -0.05) is 34.6 Å². The molecule has 1 aliphatic heterocycles. The van der Waals surface area contributed by atoms with E-state index in [0.29, 0.717) is 38.5 Å². The Labute approximate surface area is 267 Å². The summed E-state index contributed by atoms with van der Waals surface area (Å²) in [5, 5.41) is 64.9. The van der Waals surface area contributed by atoms with Crippen LogP contribution in [-0.4, -0.2) is 105 Å². The van der Waals surface area contributed by atoms with Crippen molar-refractivity contribution >= 4 is 10.4 Å². The van der Waals surface area contributed by atoms with Crippen LogP contribution < -0.4 is 0 Å². The predicted octanol–water partition coefficient (Wildman–Crippen LogP) is 1.79. The normalized spacial score (nSPS) is 49.8. The maximum atomic E-state index is 12.7. The van der Waals surface area contributed by atoms with Crippen LogP contribution in [0.1, 0.15) is 92.4 Å². The number of hydrogen-bond acceptors (Lipinski definition) is 11. The summed E-state index contributed by atoms with van der Waals surface area (Å²) in [7, 11) is -4.82. The van der Waals surface area contributed by atoms with Crippen molar-refractivity contribution in [2.75, 3.05) is 6.61 Å². The minimum absolute atomic E-state index is 0.0451. The number of fused-ring (bicyclic) bond motifs is 5. The smallest absolute Gasteiger partial charge is 0.394 e. The molecular formula is C32H56O12S. The summed E-state index contributed by atoms with van der Waals surface area (Å²) in [4.78, 5) is 0. The fourth-order valence-corrected chi connectivity index (χ4v) is 11.5. The molecule has 0 amide bonds. The van der Waals surface area contributed by atoms with Gasteiger partial charge in [-0.3, -0.25) is 4.55 Å². The van der Waals surface area contributed by atoms with Gasteiger partial charge >= 0.3 is 10.4 Å². The van der Waals surface area contributed by atoms with Gasteiger partial charge in [-0.05, 0) is 91.8 Å². The van der Waals surface area contributed by atoms with Gasteiger partial charge in [0.2, 0.25) is 0 Å². The molecule has 262 valence electrons. The van der Waals surface area contributed by atoms with Crippen LogP contribution in [0.5, 0.6) is 0 Å². The monoisotopic (exact) mass is 664 g/mol. The number of rotatable bonds is 10. The van der Waals surface area contributed by atoms with E-state index in [0.717, 1.165) is 12.8 Å². The Morgan fingerprint density at radius 3 is 2.22 bits per heavy atom. The summed E-state index contributed by atoms with van der Waals surface area (Å²) >= 11 is 0. The van der Waals surface area contributed by atoms with Gasteiger partial charge < -0.3 is 40.1 Å². The highest BCUT2D eigenvalue weighted by Gasteiger charge is 2.71. The van der Waals surface area contributed by atoms with E-state index < -0.39 is 82.3 Å². The predicted molar refractivity (Wildman–Crippen MR) is 162 cm³/mol. The van der Waals surface area contributed by atoms with E-state index in [9.17, 15) is 43.6 Å².